The first-order valence-corrected chi connectivity index (χ1v) is 16.1. The summed E-state index contributed by atoms with van der Waals surface area (Å²) >= 11 is 0. The molecule has 10 aromatic rings. The number of nitrogens with zero attached hydrogens (tertiary/aromatic N) is 5. The molecule has 5 nitrogen and oxygen atoms in total. The minimum absolute atomic E-state index is 0.708. The Balaban J connectivity index is 1.13. The van der Waals surface area contributed by atoms with Crippen LogP contribution in [0.3, 0.4) is 0 Å². The van der Waals surface area contributed by atoms with E-state index in [-0.39, 0.29) is 0 Å². The molecule has 0 fully saturated rings. The van der Waals surface area contributed by atoms with Crippen LogP contribution in [0.15, 0.2) is 164 Å². The van der Waals surface area contributed by atoms with Crippen LogP contribution in [0.2, 0.25) is 0 Å². The standard InChI is InChI=1S/C43H27N5/c1-2-10-30(11-3-1)47-39-17-9-6-13-33(39)36-26-29(20-23-40(36)47)43-45-37-15-7-4-14-35(37)42(46-43)28-18-21-31(22-19-28)48-38-16-8-5-12-32(38)34-24-25-44-27-41(34)48/h1-27H. The number of hydrogen-bond acceptors (Lipinski definition) is 3. The molecule has 0 amide bonds. The molecule has 0 radical (unpaired) electrons. The molecule has 4 heterocycles. The number of para-hydroxylation sites is 4. The van der Waals surface area contributed by atoms with Crippen molar-refractivity contribution in [3.05, 3.63) is 164 Å². The predicted molar refractivity (Wildman–Crippen MR) is 197 cm³/mol. The van der Waals surface area contributed by atoms with E-state index in [4.69, 9.17) is 9.97 Å². The van der Waals surface area contributed by atoms with Gasteiger partial charge in [0, 0.05) is 55.6 Å². The number of aromatic nitrogens is 5. The van der Waals surface area contributed by atoms with Crippen molar-refractivity contribution >= 4 is 54.5 Å². The molecule has 0 aliphatic carbocycles. The third-order valence-electron chi connectivity index (χ3n) is 9.42. The maximum absolute atomic E-state index is 5.25. The SMILES string of the molecule is c1ccc(-n2c3ccccc3c3cc(-c4nc(-c5ccc(-n6c7ccccc7c7ccncc76)cc5)c5ccccc5n4)ccc32)cc1. The number of pyridine rings is 1. The Morgan fingerprint density at radius 1 is 0.396 bits per heavy atom. The molecule has 0 atom stereocenters. The fraction of sp³-hybridized carbons (Fsp3) is 0. The maximum Gasteiger partial charge on any atom is 0.160 e. The Hall–Kier alpha value is -6.59. The van der Waals surface area contributed by atoms with Gasteiger partial charge in [-0.1, -0.05) is 84.9 Å². The van der Waals surface area contributed by atoms with Gasteiger partial charge in [-0.05, 0) is 66.7 Å². The zero-order valence-electron chi connectivity index (χ0n) is 25.8. The second-order valence-electron chi connectivity index (χ2n) is 12.1. The molecule has 5 heteroatoms. The number of fused-ring (bicyclic) bond motifs is 7. The fourth-order valence-corrected chi connectivity index (χ4v) is 7.26. The number of hydrogen-bond donors (Lipinski definition) is 0. The summed E-state index contributed by atoms with van der Waals surface area (Å²) in [5, 5.41) is 5.82. The summed E-state index contributed by atoms with van der Waals surface area (Å²) in [6, 6.07) is 53.3. The molecule has 0 bridgehead atoms. The molecule has 6 aromatic carbocycles. The quantitative estimate of drug-likeness (QED) is 0.198. The maximum atomic E-state index is 5.25. The van der Waals surface area contributed by atoms with E-state index in [1.54, 1.807) is 0 Å². The average molecular weight is 614 g/mol. The van der Waals surface area contributed by atoms with Crippen LogP contribution in [0, 0.1) is 0 Å². The van der Waals surface area contributed by atoms with E-state index >= 15 is 0 Å². The van der Waals surface area contributed by atoms with Crippen molar-refractivity contribution in [2.75, 3.05) is 0 Å². The minimum Gasteiger partial charge on any atom is -0.309 e. The molecule has 48 heavy (non-hydrogen) atoms. The first-order valence-electron chi connectivity index (χ1n) is 16.1. The lowest BCUT2D eigenvalue weighted by Gasteiger charge is -2.12. The Morgan fingerprint density at radius 2 is 0.979 bits per heavy atom. The van der Waals surface area contributed by atoms with E-state index in [0.29, 0.717) is 5.82 Å². The Kier molecular flexibility index (Phi) is 5.81. The summed E-state index contributed by atoms with van der Waals surface area (Å²) in [7, 11) is 0. The van der Waals surface area contributed by atoms with Crippen LogP contribution >= 0.6 is 0 Å². The van der Waals surface area contributed by atoms with E-state index in [2.05, 4.69) is 160 Å². The summed E-state index contributed by atoms with van der Waals surface area (Å²) in [5.41, 5.74) is 10.7. The van der Waals surface area contributed by atoms with Gasteiger partial charge in [0.2, 0.25) is 0 Å². The topological polar surface area (TPSA) is 48.5 Å². The Bertz CT molecular complexity index is 2770. The van der Waals surface area contributed by atoms with Gasteiger partial charge in [0.1, 0.15) is 0 Å². The molecule has 0 saturated carbocycles. The number of benzene rings is 6. The summed E-state index contributed by atoms with van der Waals surface area (Å²) in [6.07, 6.45) is 3.81. The van der Waals surface area contributed by atoms with Crippen molar-refractivity contribution in [1.29, 1.82) is 0 Å². The van der Waals surface area contributed by atoms with Crippen molar-refractivity contribution in [1.82, 2.24) is 24.1 Å². The van der Waals surface area contributed by atoms with E-state index < -0.39 is 0 Å². The van der Waals surface area contributed by atoms with E-state index in [1.165, 1.54) is 27.1 Å². The highest BCUT2D eigenvalue weighted by atomic mass is 15.0. The van der Waals surface area contributed by atoms with Crippen LogP contribution in [0.25, 0.3) is 88.5 Å². The van der Waals surface area contributed by atoms with Gasteiger partial charge in [-0.3, -0.25) is 4.98 Å². The van der Waals surface area contributed by atoms with E-state index in [9.17, 15) is 0 Å². The van der Waals surface area contributed by atoms with Crippen LogP contribution in [0.1, 0.15) is 0 Å². The highest BCUT2D eigenvalue weighted by Crippen LogP contribution is 2.37. The molecular weight excluding hydrogens is 587 g/mol. The molecule has 4 aromatic heterocycles. The van der Waals surface area contributed by atoms with Crippen LogP contribution in [0.4, 0.5) is 0 Å². The molecule has 0 N–H and O–H groups in total. The lowest BCUT2D eigenvalue weighted by molar-refractivity contribution is 1.16. The lowest BCUT2D eigenvalue weighted by atomic mass is 10.0. The first-order chi connectivity index (χ1) is 23.8. The van der Waals surface area contributed by atoms with Crippen molar-refractivity contribution in [3.8, 4) is 34.0 Å². The minimum atomic E-state index is 0.708. The van der Waals surface area contributed by atoms with Crippen LogP contribution < -0.4 is 0 Å². The van der Waals surface area contributed by atoms with Gasteiger partial charge >= 0.3 is 0 Å². The van der Waals surface area contributed by atoms with Crippen molar-refractivity contribution < 1.29 is 0 Å². The summed E-state index contributed by atoms with van der Waals surface area (Å²) in [4.78, 5) is 14.8. The molecule has 224 valence electrons. The fourth-order valence-electron chi connectivity index (χ4n) is 7.26. The zero-order chi connectivity index (χ0) is 31.6. The third kappa shape index (κ3) is 4.01. The highest BCUT2D eigenvalue weighted by Gasteiger charge is 2.17. The van der Waals surface area contributed by atoms with Crippen LogP contribution in [-0.4, -0.2) is 24.1 Å². The summed E-state index contributed by atoms with van der Waals surface area (Å²) < 4.78 is 4.61. The third-order valence-corrected chi connectivity index (χ3v) is 9.42. The average Bonchev–Trinajstić information content (AvgIpc) is 3.67. The molecule has 10 rings (SSSR count). The van der Waals surface area contributed by atoms with Gasteiger partial charge in [-0.25, -0.2) is 9.97 Å². The van der Waals surface area contributed by atoms with Crippen LogP contribution in [0.5, 0.6) is 0 Å². The normalized spacial score (nSPS) is 11.8. The Morgan fingerprint density at radius 3 is 1.77 bits per heavy atom. The second-order valence-corrected chi connectivity index (χ2v) is 12.1. The van der Waals surface area contributed by atoms with Crippen molar-refractivity contribution in [3.63, 3.8) is 0 Å². The van der Waals surface area contributed by atoms with Crippen molar-refractivity contribution in [2.45, 2.75) is 0 Å². The van der Waals surface area contributed by atoms with Gasteiger partial charge in [-0.15, -0.1) is 0 Å². The number of rotatable bonds is 4. The summed E-state index contributed by atoms with van der Waals surface area (Å²) in [5.74, 6) is 0.708. The molecule has 0 aliphatic rings. The van der Waals surface area contributed by atoms with Gasteiger partial charge in [0.25, 0.3) is 0 Å². The van der Waals surface area contributed by atoms with Crippen LogP contribution in [-0.2, 0) is 0 Å². The van der Waals surface area contributed by atoms with Gasteiger partial charge in [0.15, 0.2) is 5.82 Å². The molecule has 0 unspecified atom stereocenters. The van der Waals surface area contributed by atoms with E-state index in [1.807, 2.05) is 18.5 Å². The smallest absolute Gasteiger partial charge is 0.160 e. The first kappa shape index (κ1) is 26.6. The largest absolute Gasteiger partial charge is 0.309 e. The molecular formula is C43H27N5. The zero-order valence-corrected chi connectivity index (χ0v) is 25.8. The summed E-state index contributed by atoms with van der Waals surface area (Å²) in [6.45, 7) is 0. The monoisotopic (exact) mass is 613 g/mol. The van der Waals surface area contributed by atoms with Gasteiger partial charge < -0.3 is 9.13 Å². The molecule has 0 spiro atoms. The molecule has 0 aliphatic heterocycles. The second kappa shape index (κ2) is 10.5. The van der Waals surface area contributed by atoms with Crippen molar-refractivity contribution in [2.24, 2.45) is 0 Å². The predicted octanol–water partition coefficient (Wildman–Crippen LogP) is 10.6. The Labute approximate surface area is 276 Å². The highest BCUT2D eigenvalue weighted by molar-refractivity contribution is 6.11. The van der Waals surface area contributed by atoms with Gasteiger partial charge in [-0.2, -0.15) is 0 Å². The van der Waals surface area contributed by atoms with Gasteiger partial charge in [0.05, 0.1) is 39.5 Å². The van der Waals surface area contributed by atoms with E-state index in [0.717, 1.165) is 55.6 Å². The lowest BCUT2D eigenvalue weighted by Crippen LogP contribution is -1.97. The molecule has 0 saturated heterocycles.